The molecule has 1 aliphatic carbocycles. The molecule has 1 saturated carbocycles. The highest BCUT2D eigenvalue weighted by atomic mass is 16.4. The average molecular weight is 240 g/mol. The predicted molar refractivity (Wildman–Crippen MR) is 71.5 cm³/mol. The minimum absolute atomic E-state index is 0.107. The van der Waals surface area contributed by atoms with Crippen LogP contribution in [0.3, 0.4) is 0 Å². The zero-order valence-corrected chi connectivity index (χ0v) is 10.2. The number of carbonyl (C=O) groups is 1. The van der Waals surface area contributed by atoms with E-state index in [0.29, 0.717) is 5.92 Å². The third kappa shape index (κ3) is 1.99. The Labute approximate surface area is 106 Å². The summed E-state index contributed by atoms with van der Waals surface area (Å²) >= 11 is 0. The zero-order chi connectivity index (χ0) is 12.5. The van der Waals surface area contributed by atoms with Crippen molar-refractivity contribution in [2.24, 2.45) is 11.8 Å². The van der Waals surface area contributed by atoms with Crippen molar-refractivity contribution in [3.8, 4) is 0 Å². The summed E-state index contributed by atoms with van der Waals surface area (Å²) in [5, 5.41) is 11.5. The topological polar surface area (TPSA) is 37.3 Å². The second kappa shape index (κ2) is 4.45. The molecule has 3 rings (SSSR count). The van der Waals surface area contributed by atoms with Crippen molar-refractivity contribution >= 4 is 16.7 Å². The van der Waals surface area contributed by atoms with E-state index in [2.05, 4.69) is 42.5 Å². The number of benzene rings is 2. The number of hydrogen-bond acceptors (Lipinski definition) is 1. The summed E-state index contributed by atoms with van der Waals surface area (Å²) in [6, 6.07) is 14.8. The first-order valence-electron chi connectivity index (χ1n) is 6.43. The molecular formula is C16H16O2. The Morgan fingerprint density at radius 3 is 2.61 bits per heavy atom. The van der Waals surface area contributed by atoms with Crippen molar-refractivity contribution < 1.29 is 9.90 Å². The summed E-state index contributed by atoms with van der Waals surface area (Å²) in [6.07, 6.45) is 2.67. The van der Waals surface area contributed by atoms with Gasteiger partial charge in [-0.05, 0) is 41.5 Å². The fourth-order valence-corrected chi connectivity index (χ4v) is 2.89. The van der Waals surface area contributed by atoms with Gasteiger partial charge in [0, 0.05) is 0 Å². The Balaban J connectivity index is 1.78. The van der Waals surface area contributed by atoms with Crippen molar-refractivity contribution in [1.82, 2.24) is 0 Å². The van der Waals surface area contributed by atoms with Gasteiger partial charge in [0.25, 0.3) is 0 Å². The lowest BCUT2D eigenvalue weighted by Crippen LogP contribution is -2.31. The van der Waals surface area contributed by atoms with Crippen LogP contribution in [-0.2, 0) is 11.2 Å². The first-order valence-corrected chi connectivity index (χ1v) is 6.43. The summed E-state index contributed by atoms with van der Waals surface area (Å²) < 4.78 is 0. The van der Waals surface area contributed by atoms with Gasteiger partial charge in [-0.2, -0.15) is 0 Å². The quantitative estimate of drug-likeness (QED) is 0.891. The highest BCUT2D eigenvalue weighted by molar-refractivity contribution is 5.85. The summed E-state index contributed by atoms with van der Waals surface area (Å²) in [5.41, 5.74) is 1.35. The molecule has 2 nitrogen and oxygen atoms in total. The lowest BCUT2D eigenvalue weighted by Gasteiger charge is -2.32. The van der Waals surface area contributed by atoms with Crippen LogP contribution < -0.4 is 0 Å². The molecule has 0 spiro atoms. The highest BCUT2D eigenvalue weighted by Gasteiger charge is 2.34. The van der Waals surface area contributed by atoms with E-state index >= 15 is 0 Å². The average Bonchev–Trinajstić information content (AvgIpc) is 2.33. The minimum atomic E-state index is -0.635. The van der Waals surface area contributed by atoms with Gasteiger partial charge in [0.05, 0.1) is 5.92 Å². The highest BCUT2D eigenvalue weighted by Crippen LogP contribution is 2.37. The second-order valence-corrected chi connectivity index (χ2v) is 5.21. The standard InChI is InChI=1S/C16H16O2/c17-16(18)14-9-11(10-14)8-13-6-3-5-12-4-1-2-7-15(12)13/h1-7,11,14H,8-10H2,(H,17,18). The summed E-state index contributed by atoms with van der Waals surface area (Å²) in [4.78, 5) is 10.8. The lowest BCUT2D eigenvalue weighted by atomic mass is 9.72. The molecule has 18 heavy (non-hydrogen) atoms. The fraction of sp³-hybridized carbons (Fsp3) is 0.312. The van der Waals surface area contributed by atoms with Crippen LogP contribution >= 0.6 is 0 Å². The van der Waals surface area contributed by atoms with Gasteiger partial charge in [0.15, 0.2) is 0 Å². The Morgan fingerprint density at radius 2 is 1.83 bits per heavy atom. The van der Waals surface area contributed by atoms with Gasteiger partial charge < -0.3 is 5.11 Å². The molecule has 1 aliphatic rings. The maximum atomic E-state index is 10.8. The lowest BCUT2D eigenvalue weighted by molar-refractivity contribution is -0.146. The number of carboxylic acids is 1. The van der Waals surface area contributed by atoms with Gasteiger partial charge in [-0.25, -0.2) is 0 Å². The van der Waals surface area contributed by atoms with Gasteiger partial charge in [0.2, 0.25) is 0 Å². The van der Waals surface area contributed by atoms with E-state index in [1.54, 1.807) is 0 Å². The smallest absolute Gasteiger partial charge is 0.306 e. The molecule has 0 amide bonds. The molecular weight excluding hydrogens is 224 g/mol. The molecule has 0 saturated heterocycles. The van der Waals surface area contributed by atoms with E-state index in [0.717, 1.165) is 19.3 Å². The van der Waals surface area contributed by atoms with Crippen molar-refractivity contribution in [2.75, 3.05) is 0 Å². The molecule has 0 atom stereocenters. The second-order valence-electron chi connectivity index (χ2n) is 5.21. The molecule has 0 aliphatic heterocycles. The van der Waals surface area contributed by atoms with Gasteiger partial charge in [0.1, 0.15) is 0 Å². The van der Waals surface area contributed by atoms with Crippen LogP contribution in [0.2, 0.25) is 0 Å². The Hall–Kier alpha value is -1.83. The van der Waals surface area contributed by atoms with E-state index in [1.807, 2.05) is 0 Å². The predicted octanol–water partition coefficient (Wildman–Crippen LogP) is 3.49. The van der Waals surface area contributed by atoms with Crippen LogP contribution in [0, 0.1) is 11.8 Å². The number of hydrogen-bond donors (Lipinski definition) is 1. The van der Waals surface area contributed by atoms with E-state index in [4.69, 9.17) is 5.11 Å². The summed E-state index contributed by atoms with van der Waals surface area (Å²) in [5.74, 6) is -0.203. The number of rotatable bonds is 3. The molecule has 92 valence electrons. The molecule has 1 fully saturated rings. The largest absolute Gasteiger partial charge is 0.481 e. The first kappa shape index (κ1) is 11.3. The van der Waals surface area contributed by atoms with Gasteiger partial charge in [-0.15, -0.1) is 0 Å². The first-order chi connectivity index (χ1) is 8.74. The van der Waals surface area contributed by atoms with Gasteiger partial charge >= 0.3 is 5.97 Å². The fourth-order valence-electron chi connectivity index (χ4n) is 2.89. The van der Waals surface area contributed by atoms with Crippen molar-refractivity contribution in [1.29, 1.82) is 0 Å². The van der Waals surface area contributed by atoms with E-state index in [9.17, 15) is 4.79 Å². The zero-order valence-electron chi connectivity index (χ0n) is 10.2. The van der Waals surface area contributed by atoms with Crippen molar-refractivity contribution in [3.63, 3.8) is 0 Å². The molecule has 0 bridgehead atoms. The molecule has 0 unspecified atom stereocenters. The number of aliphatic carboxylic acids is 1. The van der Waals surface area contributed by atoms with Crippen LogP contribution in [0.1, 0.15) is 18.4 Å². The third-order valence-corrected chi connectivity index (χ3v) is 3.97. The molecule has 0 radical (unpaired) electrons. The molecule has 0 heterocycles. The van der Waals surface area contributed by atoms with Gasteiger partial charge in [-0.1, -0.05) is 42.5 Å². The number of fused-ring (bicyclic) bond motifs is 1. The molecule has 2 aromatic rings. The Morgan fingerprint density at radius 1 is 1.11 bits per heavy atom. The Kier molecular flexibility index (Phi) is 2.78. The van der Waals surface area contributed by atoms with Crippen LogP contribution in [0.15, 0.2) is 42.5 Å². The molecule has 1 N–H and O–H groups in total. The maximum Gasteiger partial charge on any atom is 0.306 e. The summed E-state index contributed by atoms with van der Waals surface area (Å²) in [7, 11) is 0. The molecule has 2 aromatic carbocycles. The monoisotopic (exact) mass is 240 g/mol. The van der Waals surface area contributed by atoms with E-state index in [-0.39, 0.29) is 5.92 Å². The van der Waals surface area contributed by atoms with Crippen LogP contribution in [0.5, 0.6) is 0 Å². The van der Waals surface area contributed by atoms with Crippen LogP contribution in [0.25, 0.3) is 10.8 Å². The molecule has 0 aromatic heterocycles. The van der Waals surface area contributed by atoms with Crippen LogP contribution in [-0.4, -0.2) is 11.1 Å². The molecule has 2 heteroatoms. The van der Waals surface area contributed by atoms with Crippen LogP contribution in [0.4, 0.5) is 0 Å². The third-order valence-electron chi connectivity index (χ3n) is 3.97. The SMILES string of the molecule is O=C(O)C1CC(Cc2cccc3ccccc23)C1. The normalized spacial score (nSPS) is 22.7. The number of carboxylic acid groups (broad SMARTS) is 1. The minimum Gasteiger partial charge on any atom is -0.481 e. The van der Waals surface area contributed by atoms with E-state index in [1.165, 1.54) is 16.3 Å². The van der Waals surface area contributed by atoms with E-state index < -0.39 is 5.97 Å². The Bertz CT molecular complexity index is 577. The van der Waals surface area contributed by atoms with Gasteiger partial charge in [-0.3, -0.25) is 4.79 Å². The van der Waals surface area contributed by atoms with Crippen molar-refractivity contribution in [2.45, 2.75) is 19.3 Å². The maximum absolute atomic E-state index is 10.8. The van der Waals surface area contributed by atoms with Crippen molar-refractivity contribution in [3.05, 3.63) is 48.0 Å². The summed E-state index contributed by atoms with van der Waals surface area (Å²) in [6.45, 7) is 0.